The summed E-state index contributed by atoms with van der Waals surface area (Å²) in [4.78, 5) is 14.1. The van der Waals surface area contributed by atoms with E-state index in [9.17, 15) is 0 Å². The monoisotopic (exact) mass is 1260 g/mol. The van der Waals surface area contributed by atoms with Crippen LogP contribution in [0.1, 0.15) is 0 Å². The van der Waals surface area contributed by atoms with E-state index < -0.39 is 0 Å². The van der Waals surface area contributed by atoms with Crippen molar-refractivity contribution < 1.29 is 4.42 Å². The van der Waals surface area contributed by atoms with Crippen LogP contribution in [0.4, 0.5) is 85.3 Å². The van der Waals surface area contributed by atoms with Gasteiger partial charge in [-0.3, -0.25) is 0 Å². The minimum atomic E-state index is 0.810. The van der Waals surface area contributed by atoms with E-state index in [0.717, 1.165) is 139 Å². The zero-order valence-electron chi connectivity index (χ0n) is 53.1. The van der Waals surface area contributed by atoms with Crippen molar-refractivity contribution >= 4 is 119 Å². The van der Waals surface area contributed by atoms with Gasteiger partial charge in [-0.1, -0.05) is 242 Å². The zero-order chi connectivity index (χ0) is 64.7. The molecule has 0 amide bonds. The van der Waals surface area contributed by atoms with Gasteiger partial charge in [0.15, 0.2) is 0 Å². The average Bonchev–Trinajstić information content (AvgIpc) is 1.73. The summed E-state index contributed by atoms with van der Waals surface area (Å²) < 4.78 is 6.70. The molecule has 0 saturated heterocycles. The molecular formula is C90H65N5OS. The molecule has 0 N–H and O–H groups in total. The summed E-state index contributed by atoms with van der Waals surface area (Å²) in [7, 11) is 0. The summed E-state index contributed by atoms with van der Waals surface area (Å²) in [5.41, 5.74) is 21.0. The molecule has 7 heteroatoms. The Morgan fingerprint density at radius 2 is 0.485 bits per heavy atom. The molecule has 0 atom stereocenters. The van der Waals surface area contributed by atoms with Crippen LogP contribution in [0.25, 0.3) is 44.2 Å². The van der Waals surface area contributed by atoms with E-state index in [2.05, 4.69) is 407 Å². The lowest BCUT2D eigenvalue weighted by molar-refractivity contribution is 0.669. The van der Waals surface area contributed by atoms with Gasteiger partial charge in [0.05, 0.1) is 22.7 Å². The third-order valence-corrected chi connectivity index (χ3v) is 18.5. The second-order valence-corrected chi connectivity index (χ2v) is 24.9. The molecule has 0 aliphatic heterocycles. The van der Waals surface area contributed by atoms with Gasteiger partial charge >= 0.3 is 0 Å². The predicted molar refractivity (Wildman–Crippen MR) is 409 cm³/mol. The summed E-state index contributed by atoms with van der Waals surface area (Å²) >= 11 is 1.76. The van der Waals surface area contributed by atoms with Crippen molar-refractivity contribution in [2.75, 3.05) is 24.5 Å². The van der Waals surface area contributed by atoms with Gasteiger partial charge < -0.3 is 28.9 Å². The lowest BCUT2D eigenvalue weighted by Gasteiger charge is -2.34. The van der Waals surface area contributed by atoms with Gasteiger partial charge in [0.25, 0.3) is 0 Å². The Morgan fingerprint density at radius 1 is 0.186 bits per heavy atom. The van der Waals surface area contributed by atoms with E-state index in [1.54, 1.807) is 11.8 Å². The Balaban J connectivity index is 0.953. The van der Waals surface area contributed by atoms with Gasteiger partial charge in [-0.05, 0) is 169 Å². The summed E-state index contributed by atoms with van der Waals surface area (Å²) in [5, 5.41) is 2.15. The average molecular weight is 1260 g/mol. The van der Waals surface area contributed by atoms with Crippen molar-refractivity contribution in [2.45, 2.75) is 9.79 Å². The third-order valence-electron chi connectivity index (χ3n) is 17.5. The van der Waals surface area contributed by atoms with E-state index in [0.29, 0.717) is 0 Å². The van der Waals surface area contributed by atoms with Gasteiger partial charge in [0, 0.05) is 100 Å². The minimum absolute atomic E-state index is 0.810. The van der Waals surface area contributed by atoms with Crippen molar-refractivity contribution in [1.29, 1.82) is 0 Å². The highest BCUT2D eigenvalue weighted by atomic mass is 32.2. The van der Waals surface area contributed by atoms with Crippen LogP contribution in [0.3, 0.4) is 0 Å². The number of hydrogen-bond acceptors (Lipinski definition) is 7. The number of hydrogen-bond donors (Lipinski definition) is 0. The molecule has 0 unspecified atom stereocenters. The number of furan rings is 1. The maximum absolute atomic E-state index is 6.70. The first-order chi connectivity index (χ1) is 48.1. The van der Waals surface area contributed by atoms with Crippen LogP contribution < -0.4 is 24.5 Å². The topological polar surface area (TPSA) is 29.3 Å². The largest absolute Gasteiger partial charge is 0.456 e. The number of anilines is 15. The van der Waals surface area contributed by atoms with Crippen LogP contribution >= 0.6 is 11.8 Å². The molecule has 0 aliphatic rings. The smallest absolute Gasteiger partial charge is 0.137 e. The highest BCUT2D eigenvalue weighted by Crippen LogP contribution is 2.52. The quantitative estimate of drug-likeness (QED) is 0.0797. The number of rotatable bonds is 19. The van der Waals surface area contributed by atoms with Crippen LogP contribution in [0, 0.1) is 0 Å². The molecule has 0 saturated carbocycles. The van der Waals surface area contributed by atoms with E-state index in [-0.39, 0.29) is 0 Å². The summed E-state index contributed by atoms with van der Waals surface area (Å²) in [6, 6.07) is 141. The minimum Gasteiger partial charge on any atom is -0.456 e. The molecule has 15 aromatic carbocycles. The fourth-order valence-corrected chi connectivity index (χ4v) is 14.2. The van der Waals surface area contributed by atoms with Gasteiger partial charge in [-0.2, -0.15) is 0 Å². The second-order valence-electron chi connectivity index (χ2n) is 23.7. The highest BCUT2D eigenvalue weighted by molar-refractivity contribution is 7.99. The lowest BCUT2D eigenvalue weighted by atomic mass is 9.94. The second kappa shape index (κ2) is 27.2. The van der Waals surface area contributed by atoms with Gasteiger partial charge in [0.2, 0.25) is 0 Å². The third kappa shape index (κ3) is 12.4. The van der Waals surface area contributed by atoms with E-state index in [1.165, 1.54) is 0 Å². The first-order valence-electron chi connectivity index (χ1n) is 32.7. The van der Waals surface area contributed by atoms with Crippen molar-refractivity contribution in [3.05, 3.63) is 394 Å². The molecule has 16 aromatic rings. The van der Waals surface area contributed by atoms with E-state index >= 15 is 0 Å². The summed E-state index contributed by atoms with van der Waals surface area (Å²) in [6.45, 7) is 0. The van der Waals surface area contributed by atoms with E-state index in [4.69, 9.17) is 4.42 Å². The maximum Gasteiger partial charge on any atom is 0.137 e. The normalized spacial score (nSPS) is 11.1. The van der Waals surface area contributed by atoms with Crippen LogP contribution in [0.2, 0.25) is 0 Å². The van der Waals surface area contributed by atoms with Gasteiger partial charge in [0.1, 0.15) is 11.2 Å². The molecule has 1 aromatic heterocycles. The Kier molecular flexibility index (Phi) is 16.7. The predicted octanol–water partition coefficient (Wildman–Crippen LogP) is 26.4. The van der Waals surface area contributed by atoms with Crippen molar-refractivity contribution in [2.24, 2.45) is 0 Å². The van der Waals surface area contributed by atoms with Crippen LogP contribution in [0.5, 0.6) is 0 Å². The van der Waals surface area contributed by atoms with E-state index in [1.807, 2.05) is 12.1 Å². The Labute approximate surface area is 570 Å². The standard InChI is InChI=1S/C90H65N5OS/c1-10-32-66(33-11-1)84-53-31-54-85(67-34-12-2-13-35-67)90(84)95(75-50-30-51-82(62-75)97-83-63-80(92(70-40-18-5-19-41-70)71-42-20-6-21-43-71)61-81(64-83)93(72-44-22-7-23-45-72)73-46-24-8-25-47-73)79-59-77(91(68-36-14-3-15-37-68)69-38-16-4-17-39-69)58-78(60-79)94(74-48-26-9-27-49-74)76-56-57-87-86-52-28-29-55-88(86)96-89(87)65-76/h1-65H. The van der Waals surface area contributed by atoms with Crippen molar-refractivity contribution in [3.8, 4) is 22.3 Å². The summed E-state index contributed by atoms with van der Waals surface area (Å²) in [5.74, 6) is 0. The molecule has 0 radical (unpaired) electrons. The number of para-hydroxylation sites is 9. The first kappa shape index (κ1) is 59.5. The Bertz CT molecular complexity index is 5040. The fraction of sp³-hybridized carbons (Fsp3) is 0. The summed E-state index contributed by atoms with van der Waals surface area (Å²) in [6.07, 6.45) is 0. The van der Waals surface area contributed by atoms with Gasteiger partial charge in [-0.25, -0.2) is 0 Å². The molecule has 0 fully saturated rings. The Hall–Kier alpha value is -12.6. The lowest BCUT2D eigenvalue weighted by Crippen LogP contribution is -2.17. The molecular weight excluding hydrogens is 1200 g/mol. The van der Waals surface area contributed by atoms with Crippen LogP contribution in [-0.2, 0) is 0 Å². The number of benzene rings is 15. The molecule has 0 spiro atoms. The molecule has 6 nitrogen and oxygen atoms in total. The maximum atomic E-state index is 6.70. The van der Waals surface area contributed by atoms with Crippen LogP contribution in [0.15, 0.2) is 409 Å². The Morgan fingerprint density at radius 3 is 0.897 bits per heavy atom. The van der Waals surface area contributed by atoms with Crippen molar-refractivity contribution in [1.82, 2.24) is 0 Å². The fourth-order valence-electron chi connectivity index (χ4n) is 13.2. The van der Waals surface area contributed by atoms with Crippen LogP contribution in [-0.4, -0.2) is 0 Å². The van der Waals surface area contributed by atoms with Gasteiger partial charge in [-0.15, -0.1) is 0 Å². The molecule has 1 heterocycles. The van der Waals surface area contributed by atoms with Crippen molar-refractivity contribution in [3.63, 3.8) is 0 Å². The molecule has 97 heavy (non-hydrogen) atoms. The highest BCUT2D eigenvalue weighted by Gasteiger charge is 2.28. The molecule has 462 valence electrons. The molecule has 0 aliphatic carbocycles. The zero-order valence-corrected chi connectivity index (χ0v) is 53.9. The SMILES string of the molecule is c1ccc(-c2cccc(-c3ccccc3)c2N(c2cccc(Sc3cc(N(c4ccccc4)c4ccccc4)cc(N(c4ccccc4)c4ccccc4)c3)c2)c2cc(N(c3ccccc3)c3ccccc3)cc(N(c3ccccc3)c3ccc4c(c3)oc3ccccc34)c2)cc1. The molecule has 0 bridgehead atoms. The molecule has 16 rings (SSSR count). The number of fused-ring (bicyclic) bond motifs is 3. The first-order valence-corrected chi connectivity index (χ1v) is 33.5. The number of nitrogens with zero attached hydrogens (tertiary/aromatic N) is 5.